The molecule has 2 aromatic rings. The van der Waals surface area contributed by atoms with Gasteiger partial charge in [0.05, 0.1) is 17.1 Å². The van der Waals surface area contributed by atoms with Gasteiger partial charge in [-0.15, -0.1) is 0 Å². The summed E-state index contributed by atoms with van der Waals surface area (Å²) < 4.78 is 0. The SMILES string of the molecule is Cc1cc(C)c(NC(=O)CNc2ccc(C(N)=O)c(Cl)c2)c(C)c1. The van der Waals surface area contributed by atoms with Crippen molar-refractivity contribution in [3.63, 3.8) is 0 Å². The monoisotopic (exact) mass is 345 g/mol. The minimum Gasteiger partial charge on any atom is -0.376 e. The Balaban J connectivity index is 2.02. The van der Waals surface area contributed by atoms with E-state index in [2.05, 4.69) is 10.6 Å². The summed E-state index contributed by atoms with van der Waals surface area (Å²) in [7, 11) is 0. The van der Waals surface area contributed by atoms with Gasteiger partial charge in [0.2, 0.25) is 11.8 Å². The smallest absolute Gasteiger partial charge is 0.250 e. The topological polar surface area (TPSA) is 84.2 Å². The van der Waals surface area contributed by atoms with Gasteiger partial charge in [-0.2, -0.15) is 0 Å². The van der Waals surface area contributed by atoms with Crippen LogP contribution >= 0.6 is 11.6 Å². The van der Waals surface area contributed by atoms with Gasteiger partial charge in [-0.1, -0.05) is 29.3 Å². The Morgan fingerprint density at radius 1 is 1.08 bits per heavy atom. The van der Waals surface area contributed by atoms with Crippen molar-refractivity contribution in [2.75, 3.05) is 17.2 Å². The second kappa shape index (κ2) is 7.36. The van der Waals surface area contributed by atoms with Gasteiger partial charge in [0.1, 0.15) is 0 Å². The number of carbonyl (C=O) groups excluding carboxylic acids is 2. The first-order valence-corrected chi connectivity index (χ1v) is 7.86. The molecule has 0 atom stereocenters. The van der Waals surface area contributed by atoms with Crippen molar-refractivity contribution in [2.24, 2.45) is 5.73 Å². The van der Waals surface area contributed by atoms with Gasteiger partial charge in [0.25, 0.3) is 0 Å². The first kappa shape index (κ1) is 17.8. The Kier molecular flexibility index (Phi) is 5.46. The van der Waals surface area contributed by atoms with Gasteiger partial charge >= 0.3 is 0 Å². The van der Waals surface area contributed by atoms with Gasteiger partial charge in [-0.3, -0.25) is 9.59 Å². The molecule has 0 saturated heterocycles. The van der Waals surface area contributed by atoms with Gasteiger partial charge in [0.15, 0.2) is 0 Å². The van der Waals surface area contributed by atoms with Crippen molar-refractivity contribution in [1.29, 1.82) is 0 Å². The number of hydrogen-bond donors (Lipinski definition) is 3. The summed E-state index contributed by atoms with van der Waals surface area (Å²) in [5.74, 6) is -0.755. The molecule has 0 aliphatic carbocycles. The lowest BCUT2D eigenvalue weighted by Crippen LogP contribution is -2.22. The summed E-state index contributed by atoms with van der Waals surface area (Å²) in [4.78, 5) is 23.3. The van der Waals surface area contributed by atoms with E-state index in [9.17, 15) is 9.59 Å². The zero-order chi connectivity index (χ0) is 17.9. The van der Waals surface area contributed by atoms with E-state index in [1.807, 2.05) is 32.9 Å². The van der Waals surface area contributed by atoms with Crippen molar-refractivity contribution >= 4 is 34.8 Å². The van der Waals surface area contributed by atoms with Crippen molar-refractivity contribution in [1.82, 2.24) is 0 Å². The van der Waals surface area contributed by atoms with E-state index in [1.165, 1.54) is 6.07 Å². The van der Waals surface area contributed by atoms with Crippen LogP contribution in [0.4, 0.5) is 11.4 Å². The highest BCUT2D eigenvalue weighted by atomic mass is 35.5. The summed E-state index contributed by atoms with van der Waals surface area (Å²) in [5.41, 5.74) is 10.1. The minimum absolute atomic E-state index is 0.0823. The van der Waals surface area contributed by atoms with Gasteiger partial charge in [0, 0.05) is 11.4 Å². The predicted molar refractivity (Wildman–Crippen MR) is 97.7 cm³/mol. The molecule has 0 aromatic heterocycles. The molecule has 2 aromatic carbocycles. The number of nitrogens with two attached hydrogens (primary N) is 1. The number of primary amides is 1. The Hall–Kier alpha value is -2.53. The molecule has 0 saturated carbocycles. The first-order chi connectivity index (χ1) is 11.3. The Labute approximate surface area is 146 Å². The average molecular weight is 346 g/mol. The molecule has 0 unspecified atom stereocenters. The first-order valence-electron chi connectivity index (χ1n) is 7.49. The Morgan fingerprint density at radius 2 is 1.71 bits per heavy atom. The van der Waals surface area contributed by atoms with E-state index in [4.69, 9.17) is 17.3 Å². The number of halogens is 1. The molecule has 0 spiro atoms. The molecule has 0 aliphatic rings. The molecule has 6 heteroatoms. The highest BCUT2D eigenvalue weighted by Crippen LogP contribution is 2.22. The number of amides is 2. The van der Waals surface area contributed by atoms with Crippen LogP contribution in [-0.4, -0.2) is 18.4 Å². The third kappa shape index (κ3) is 4.26. The molecule has 0 fully saturated rings. The fourth-order valence-corrected chi connectivity index (χ4v) is 2.84. The van der Waals surface area contributed by atoms with Crippen LogP contribution in [0.5, 0.6) is 0 Å². The molecule has 0 bridgehead atoms. The normalized spacial score (nSPS) is 10.3. The van der Waals surface area contributed by atoms with E-state index in [0.29, 0.717) is 5.69 Å². The number of anilines is 2. The van der Waals surface area contributed by atoms with Crippen molar-refractivity contribution in [2.45, 2.75) is 20.8 Å². The van der Waals surface area contributed by atoms with Crippen molar-refractivity contribution < 1.29 is 9.59 Å². The van der Waals surface area contributed by atoms with E-state index in [1.54, 1.807) is 12.1 Å². The van der Waals surface area contributed by atoms with Crippen LogP contribution in [0.2, 0.25) is 5.02 Å². The van der Waals surface area contributed by atoms with Gasteiger partial charge < -0.3 is 16.4 Å². The van der Waals surface area contributed by atoms with E-state index < -0.39 is 5.91 Å². The number of rotatable bonds is 5. The molecule has 0 aliphatic heterocycles. The molecule has 5 nitrogen and oxygen atoms in total. The number of hydrogen-bond acceptors (Lipinski definition) is 3. The lowest BCUT2D eigenvalue weighted by Gasteiger charge is -2.14. The number of benzene rings is 2. The molecular formula is C18H20ClN3O2. The van der Waals surface area contributed by atoms with Crippen LogP contribution in [0.1, 0.15) is 27.0 Å². The van der Waals surface area contributed by atoms with Crippen molar-refractivity contribution in [3.8, 4) is 0 Å². The molecular weight excluding hydrogens is 326 g/mol. The standard InChI is InChI=1S/C18H20ClN3O2/c1-10-6-11(2)17(12(3)7-10)22-16(23)9-21-13-4-5-14(18(20)24)15(19)8-13/h4-8,21H,9H2,1-3H3,(H2,20,24)(H,22,23). The third-order valence-electron chi connectivity index (χ3n) is 3.63. The fraction of sp³-hybridized carbons (Fsp3) is 0.222. The Morgan fingerprint density at radius 3 is 2.25 bits per heavy atom. The predicted octanol–water partition coefficient (Wildman–Crippen LogP) is 3.41. The van der Waals surface area contributed by atoms with Crippen LogP contribution in [-0.2, 0) is 4.79 Å². The van der Waals surface area contributed by atoms with Crippen LogP contribution < -0.4 is 16.4 Å². The van der Waals surface area contributed by atoms with Gasteiger partial charge in [-0.05, 0) is 50.1 Å². The summed E-state index contributed by atoms with van der Waals surface area (Å²) >= 11 is 5.98. The quantitative estimate of drug-likeness (QED) is 0.776. The fourth-order valence-electron chi connectivity index (χ4n) is 2.57. The number of carbonyl (C=O) groups is 2. The van der Waals surface area contributed by atoms with Crippen LogP contribution in [0.15, 0.2) is 30.3 Å². The molecule has 0 heterocycles. The zero-order valence-electron chi connectivity index (χ0n) is 13.9. The lowest BCUT2D eigenvalue weighted by atomic mass is 10.1. The maximum absolute atomic E-state index is 12.2. The van der Waals surface area contributed by atoms with E-state index in [0.717, 1.165) is 22.4 Å². The summed E-state index contributed by atoms with van der Waals surface area (Å²) in [6.07, 6.45) is 0. The summed E-state index contributed by atoms with van der Waals surface area (Å²) in [6.45, 7) is 6.03. The van der Waals surface area contributed by atoms with Crippen LogP contribution in [0.25, 0.3) is 0 Å². The number of nitrogens with one attached hydrogen (secondary N) is 2. The third-order valence-corrected chi connectivity index (χ3v) is 3.94. The maximum Gasteiger partial charge on any atom is 0.250 e. The molecule has 2 rings (SSSR count). The van der Waals surface area contributed by atoms with Crippen molar-refractivity contribution in [3.05, 3.63) is 57.6 Å². The molecule has 0 radical (unpaired) electrons. The number of aryl methyl sites for hydroxylation is 3. The van der Waals surface area contributed by atoms with Gasteiger partial charge in [-0.25, -0.2) is 0 Å². The summed E-state index contributed by atoms with van der Waals surface area (Å²) in [6, 6.07) is 8.80. The molecule has 24 heavy (non-hydrogen) atoms. The highest BCUT2D eigenvalue weighted by Gasteiger charge is 2.10. The second-order valence-electron chi connectivity index (χ2n) is 5.73. The average Bonchev–Trinajstić information content (AvgIpc) is 2.48. The Bertz CT molecular complexity index is 780. The highest BCUT2D eigenvalue weighted by molar-refractivity contribution is 6.34. The molecule has 4 N–H and O–H groups in total. The lowest BCUT2D eigenvalue weighted by molar-refractivity contribution is -0.114. The largest absolute Gasteiger partial charge is 0.376 e. The maximum atomic E-state index is 12.2. The molecule has 2 amide bonds. The molecule has 126 valence electrons. The second-order valence-corrected chi connectivity index (χ2v) is 6.14. The zero-order valence-corrected chi connectivity index (χ0v) is 14.6. The van der Waals surface area contributed by atoms with E-state index >= 15 is 0 Å². The summed E-state index contributed by atoms with van der Waals surface area (Å²) in [5, 5.41) is 6.13. The van der Waals surface area contributed by atoms with Crippen LogP contribution in [0.3, 0.4) is 0 Å². The van der Waals surface area contributed by atoms with Crippen LogP contribution in [0, 0.1) is 20.8 Å². The minimum atomic E-state index is -0.588. The van der Waals surface area contributed by atoms with E-state index in [-0.39, 0.29) is 23.0 Å².